The third kappa shape index (κ3) is 11.9. The van der Waals surface area contributed by atoms with Crippen molar-refractivity contribution in [1.82, 2.24) is 0 Å². The number of carbonyl (C=O) groups is 3. The van der Waals surface area contributed by atoms with E-state index in [2.05, 4.69) is 43.2 Å². The number of urea groups is 1. The number of aryl methyl sites for hydroxylation is 1. The second kappa shape index (κ2) is 16.9. The Kier molecular flexibility index (Phi) is 14.0. The van der Waals surface area contributed by atoms with Gasteiger partial charge in [-0.2, -0.15) is 0 Å². The maximum absolute atomic E-state index is 13.2. The lowest BCUT2D eigenvalue weighted by Gasteiger charge is -2.31. The van der Waals surface area contributed by atoms with Crippen molar-refractivity contribution in [3.05, 3.63) is 53.6 Å². The number of rotatable bonds is 15. The van der Waals surface area contributed by atoms with E-state index in [9.17, 15) is 19.5 Å². The summed E-state index contributed by atoms with van der Waals surface area (Å²) in [5.74, 6) is -1.04. The predicted molar refractivity (Wildman–Crippen MR) is 172 cm³/mol. The molecule has 0 heterocycles. The number of aliphatic hydroxyl groups excluding tert-OH is 1. The largest absolute Gasteiger partial charge is 0.425 e. The molecular weight excluding hydrogens is 546 g/mol. The normalized spacial score (nSPS) is 13.4. The molecule has 0 aliphatic carbocycles. The first kappa shape index (κ1) is 35.6. The molecule has 2 amide bonds. The van der Waals surface area contributed by atoms with Crippen molar-refractivity contribution >= 4 is 35.0 Å². The molecule has 0 radical (unpaired) electrons. The average Bonchev–Trinajstić information content (AvgIpc) is 2.91. The fourth-order valence-electron chi connectivity index (χ4n) is 4.64. The van der Waals surface area contributed by atoms with Gasteiger partial charge in [0.15, 0.2) is 0 Å². The number of amides is 2. The first-order valence-electron chi connectivity index (χ1n) is 15.3. The fourth-order valence-corrected chi connectivity index (χ4v) is 4.64. The van der Waals surface area contributed by atoms with E-state index >= 15 is 0 Å². The Hall–Kier alpha value is -3.59. The third-order valence-electron chi connectivity index (χ3n) is 6.83. The minimum absolute atomic E-state index is 0.0575. The molecule has 238 valence electrons. The van der Waals surface area contributed by atoms with Crippen LogP contribution in [-0.2, 0) is 19.1 Å². The first-order chi connectivity index (χ1) is 20.2. The smallest absolute Gasteiger partial charge is 0.337 e. The summed E-state index contributed by atoms with van der Waals surface area (Å²) in [6.07, 6.45) is -1.72. The van der Waals surface area contributed by atoms with Crippen LogP contribution in [0.3, 0.4) is 0 Å². The lowest BCUT2D eigenvalue weighted by Crippen LogP contribution is -2.33. The number of nitrogens with one attached hydrogen (secondary N) is 2. The zero-order valence-corrected chi connectivity index (χ0v) is 27.3. The van der Waals surface area contributed by atoms with Gasteiger partial charge in [-0.15, -0.1) is 0 Å². The maximum atomic E-state index is 13.2. The molecule has 0 saturated carbocycles. The fraction of sp³-hybridized carbons (Fsp3) is 0.559. The Morgan fingerprint density at radius 1 is 0.860 bits per heavy atom. The summed E-state index contributed by atoms with van der Waals surface area (Å²) in [6.45, 7) is 19.1. The quantitative estimate of drug-likeness (QED) is 0.148. The van der Waals surface area contributed by atoms with Crippen molar-refractivity contribution in [3.8, 4) is 0 Å². The van der Waals surface area contributed by atoms with E-state index in [-0.39, 0.29) is 24.3 Å². The number of hydrogen-bond acceptors (Lipinski definition) is 7. The SMILES string of the molecule is CCC(CC(=O)OC(OC(=O)[C@H](C)O)C(C)C)c1ccc(N(CC(C)C)CC(C)C)c(NC(=O)Nc2ccc(C)cc2)c1. The standard InChI is InChI=1S/C34H51N3O6/c1-10-26(18-31(39)42-33(23(6)7)43-32(40)25(9)38)27-13-16-30(37(19-21(2)3)20-22(4)5)29(17-27)36-34(41)35-28-14-11-24(8)12-15-28/h11-17,21-23,25-26,33,38H,10,18-20H2,1-9H3,(H2,35,36,41)/t25-,26?,33?/m0/s1. The van der Waals surface area contributed by atoms with Gasteiger partial charge >= 0.3 is 18.0 Å². The molecular formula is C34H51N3O6. The van der Waals surface area contributed by atoms with E-state index in [1.54, 1.807) is 13.8 Å². The van der Waals surface area contributed by atoms with E-state index in [4.69, 9.17) is 9.47 Å². The minimum Gasteiger partial charge on any atom is -0.425 e. The van der Waals surface area contributed by atoms with Gasteiger partial charge in [-0.25, -0.2) is 9.59 Å². The van der Waals surface area contributed by atoms with Crippen LogP contribution < -0.4 is 15.5 Å². The van der Waals surface area contributed by atoms with Crippen LogP contribution in [0.1, 0.15) is 85.3 Å². The van der Waals surface area contributed by atoms with Crippen LogP contribution in [0.4, 0.5) is 21.9 Å². The highest BCUT2D eigenvalue weighted by Gasteiger charge is 2.27. The summed E-state index contributed by atoms with van der Waals surface area (Å²) in [5.41, 5.74) is 4.23. The van der Waals surface area contributed by atoms with Gasteiger partial charge in [0.25, 0.3) is 0 Å². The molecule has 2 rings (SSSR count). The number of aliphatic hydroxyl groups is 1. The first-order valence-corrected chi connectivity index (χ1v) is 15.3. The lowest BCUT2D eigenvalue weighted by atomic mass is 9.92. The predicted octanol–water partition coefficient (Wildman–Crippen LogP) is 7.09. The molecule has 0 bridgehead atoms. The molecule has 2 aromatic rings. The Labute approximate surface area is 257 Å². The van der Waals surface area contributed by atoms with Gasteiger partial charge in [0.05, 0.1) is 17.8 Å². The number of anilines is 3. The van der Waals surface area contributed by atoms with E-state index in [0.717, 1.165) is 29.9 Å². The summed E-state index contributed by atoms with van der Waals surface area (Å²) in [5, 5.41) is 15.5. The Balaban J connectivity index is 2.37. The van der Waals surface area contributed by atoms with Gasteiger partial charge in [-0.3, -0.25) is 4.79 Å². The van der Waals surface area contributed by atoms with Gasteiger partial charge in [0.2, 0.25) is 6.29 Å². The molecule has 0 aliphatic rings. The van der Waals surface area contributed by atoms with Crippen molar-refractivity contribution in [2.45, 2.75) is 93.5 Å². The van der Waals surface area contributed by atoms with Crippen LogP contribution in [0.15, 0.2) is 42.5 Å². The zero-order valence-electron chi connectivity index (χ0n) is 27.3. The van der Waals surface area contributed by atoms with Crippen molar-refractivity contribution in [1.29, 1.82) is 0 Å². The highest BCUT2D eigenvalue weighted by atomic mass is 16.7. The Bertz CT molecular complexity index is 1180. The summed E-state index contributed by atoms with van der Waals surface area (Å²) in [4.78, 5) is 40.4. The highest BCUT2D eigenvalue weighted by molar-refractivity contribution is 6.02. The molecule has 0 saturated heterocycles. The number of nitrogens with zero attached hydrogens (tertiary/aromatic N) is 1. The van der Waals surface area contributed by atoms with Crippen LogP contribution in [0.25, 0.3) is 0 Å². The molecule has 3 atom stereocenters. The van der Waals surface area contributed by atoms with Crippen LogP contribution in [0, 0.1) is 24.7 Å². The average molecular weight is 598 g/mol. The number of esters is 2. The van der Waals surface area contributed by atoms with E-state index in [1.165, 1.54) is 6.92 Å². The third-order valence-corrected chi connectivity index (χ3v) is 6.83. The minimum atomic E-state index is -1.32. The zero-order chi connectivity index (χ0) is 32.3. The van der Waals surface area contributed by atoms with Crippen LogP contribution in [0.5, 0.6) is 0 Å². The van der Waals surface area contributed by atoms with Gasteiger partial charge in [0.1, 0.15) is 6.10 Å². The maximum Gasteiger partial charge on any atom is 0.337 e. The second-order valence-electron chi connectivity index (χ2n) is 12.4. The lowest BCUT2D eigenvalue weighted by molar-refractivity contribution is -0.201. The van der Waals surface area contributed by atoms with Gasteiger partial charge < -0.3 is 30.1 Å². The number of carbonyl (C=O) groups excluding carboxylic acids is 3. The van der Waals surface area contributed by atoms with Gasteiger partial charge in [0, 0.05) is 24.7 Å². The van der Waals surface area contributed by atoms with Crippen molar-refractivity contribution in [3.63, 3.8) is 0 Å². The molecule has 3 N–H and O–H groups in total. The molecule has 9 nitrogen and oxygen atoms in total. The van der Waals surface area contributed by atoms with E-state index in [1.807, 2.05) is 56.3 Å². The van der Waals surface area contributed by atoms with Gasteiger partial charge in [-0.1, -0.05) is 72.2 Å². The summed E-state index contributed by atoms with van der Waals surface area (Å²) in [7, 11) is 0. The van der Waals surface area contributed by atoms with Crippen molar-refractivity contribution < 1.29 is 29.0 Å². The molecule has 0 aromatic heterocycles. The van der Waals surface area contributed by atoms with E-state index in [0.29, 0.717) is 29.6 Å². The molecule has 0 aliphatic heterocycles. The van der Waals surface area contributed by atoms with Crippen LogP contribution in [0.2, 0.25) is 0 Å². The second-order valence-corrected chi connectivity index (χ2v) is 12.4. The number of hydrogen-bond donors (Lipinski definition) is 3. The highest BCUT2D eigenvalue weighted by Crippen LogP contribution is 2.34. The number of benzene rings is 2. The molecule has 2 unspecified atom stereocenters. The van der Waals surface area contributed by atoms with Crippen LogP contribution in [-0.4, -0.2) is 48.6 Å². The number of ether oxygens (including phenoxy) is 2. The molecule has 43 heavy (non-hydrogen) atoms. The van der Waals surface area contributed by atoms with E-state index < -0.39 is 24.3 Å². The molecule has 0 fully saturated rings. The van der Waals surface area contributed by atoms with Crippen LogP contribution >= 0.6 is 0 Å². The monoisotopic (exact) mass is 597 g/mol. The molecule has 0 spiro atoms. The topological polar surface area (TPSA) is 117 Å². The van der Waals surface area contributed by atoms with Crippen molar-refractivity contribution in [2.75, 3.05) is 28.6 Å². The van der Waals surface area contributed by atoms with Crippen molar-refractivity contribution in [2.24, 2.45) is 17.8 Å². The molecule has 9 heteroatoms. The summed E-state index contributed by atoms with van der Waals surface area (Å²) < 4.78 is 10.7. The molecule has 2 aromatic carbocycles. The summed E-state index contributed by atoms with van der Waals surface area (Å²) >= 11 is 0. The van der Waals surface area contributed by atoms with Gasteiger partial charge in [-0.05, 0) is 67.9 Å². The Morgan fingerprint density at radius 3 is 1.98 bits per heavy atom. The summed E-state index contributed by atoms with van der Waals surface area (Å²) in [6, 6.07) is 13.2. The Morgan fingerprint density at radius 2 is 1.47 bits per heavy atom.